The van der Waals surface area contributed by atoms with E-state index in [4.69, 9.17) is 40.2 Å². The Kier molecular flexibility index (Phi) is 7.12. The van der Waals surface area contributed by atoms with Crippen LogP contribution in [0.3, 0.4) is 0 Å². The molecule has 4 rings (SSSR count). The molecule has 0 aliphatic carbocycles. The quantitative estimate of drug-likeness (QED) is 0.191. The summed E-state index contributed by atoms with van der Waals surface area (Å²) in [5.41, 5.74) is 3.68. The topological polar surface area (TPSA) is 80.6 Å². The first-order valence-electron chi connectivity index (χ1n) is 10.7. The van der Waals surface area contributed by atoms with Crippen molar-refractivity contribution in [3.63, 3.8) is 0 Å². The number of methoxy groups -OCH3 is 1. The summed E-state index contributed by atoms with van der Waals surface area (Å²) in [5.74, 6) is -1.68. The second kappa shape index (κ2) is 9.82. The average molecular weight is 563 g/mol. The first-order valence-corrected chi connectivity index (χ1v) is 12.7. The molecule has 1 N–H and O–H groups in total. The van der Waals surface area contributed by atoms with E-state index in [1.807, 2.05) is 38.3 Å². The molecular formula is C25H21Cl2N3O4S2. The van der Waals surface area contributed by atoms with Crippen LogP contribution in [0.2, 0.25) is 10.0 Å². The van der Waals surface area contributed by atoms with Crippen LogP contribution in [0.4, 0.5) is 5.69 Å². The fraction of sp³-hybridized carbons (Fsp3) is 0.200. The molecule has 1 aromatic carbocycles. The van der Waals surface area contributed by atoms with E-state index in [1.54, 1.807) is 18.2 Å². The smallest absolute Gasteiger partial charge is 0.341 e. The molecular weight excluding hydrogens is 541 g/mol. The van der Waals surface area contributed by atoms with Crippen molar-refractivity contribution in [2.24, 2.45) is 0 Å². The van der Waals surface area contributed by atoms with Crippen molar-refractivity contribution >= 4 is 81.4 Å². The molecule has 0 atom stereocenters. The third kappa shape index (κ3) is 4.26. The lowest BCUT2D eigenvalue weighted by atomic mass is 10.1. The molecule has 3 heterocycles. The lowest BCUT2D eigenvalue weighted by molar-refractivity contribution is -0.122. The first-order chi connectivity index (χ1) is 17.0. The van der Waals surface area contributed by atoms with Crippen molar-refractivity contribution in [2.75, 3.05) is 12.0 Å². The number of anilines is 1. The van der Waals surface area contributed by atoms with Crippen LogP contribution in [0.5, 0.6) is 0 Å². The average Bonchev–Trinajstić information content (AvgIpc) is 3.26. The van der Waals surface area contributed by atoms with Gasteiger partial charge in [0.2, 0.25) is 0 Å². The molecule has 1 fully saturated rings. The predicted molar refractivity (Wildman–Crippen MR) is 147 cm³/mol. The molecule has 7 nitrogen and oxygen atoms in total. The molecule has 11 heteroatoms. The minimum Gasteiger partial charge on any atom is -0.465 e. The van der Waals surface area contributed by atoms with E-state index in [1.165, 1.54) is 24.5 Å². The maximum atomic E-state index is 13.5. The molecule has 2 amide bonds. The van der Waals surface area contributed by atoms with Crippen LogP contribution in [0.25, 0.3) is 11.1 Å². The summed E-state index contributed by atoms with van der Waals surface area (Å²) in [4.78, 5) is 41.0. The van der Waals surface area contributed by atoms with Gasteiger partial charge < -0.3 is 9.30 Å². The Bertz CT molecular complexity index is 1500. The van der Waals surface area contributed by atoms with Crippen molar-refractivity contribution in [2.45, 2.75) is 27.7 Å². The van der Waals surface area contributed by atoms with Gasteiger partial charge in [0.25, 0.3) is 11.8 Å². The highest BCUT2D eigenvalue weighted by molar-refractivity contribution is 7.80. The molecule has 1 aliphatic heterocycles. The zero-order valence-corrected chi connectivity index (χ0v) is 23.1. The molecule has 0 saturated carbocycles. The normalized spacial score (nSPS) is 15.0. The van der Waals surface area contributed by atoms with E-state index in [0.29, 0.717) is 16.1 Å². The fourth-order valence-electron chi connectivity index (χ4n) is 4.05. The van der Waals surface area contributed by atoms with Gasteiger partial charge in [0.1, 0.15) is 10.6 Å². The zero-order valence-electron chi connectivity index (χ0n) is 20.0. The first kappa shape index (κ1) is 26.1. The Labute approximate surface area is 227 Å². The Morgan fingerprint density at radius 3 is 2.53 bits per heavy atom. The van der Waals surface area contributed by atoms with Gasteiger partial charge in [-0.2, -0.15) is 0 Å². The van der Waals surface area contributed by atoms with Crippen LogP contribution in [0.1, 0.15) is 37.7 Å². The molecule has 0 unspecified atom stereocenters. The second-order valence-electron chi connectivity index (χ2n) is 8.15. The number of ether oxygens (including phenoxy) is 1. The van der Waals surface area contributed by atoms with Crippen molar-refractivity contribution in [3.8, 4) is 5.00 Å². The lowest BCUT2D eigenvalue weighted by Crippen LogP contribution is -2.54. The van der Waals surface area contributed by atoms with Gasteiger partial charge in [-0.15, -0.1) is 11.3 Å². The van der Waals surface area contributed by atoms with Gasteiger partial charge in [-0.25, -0.2) is 4.79 Å². The number of amides is 2. The maximum absolute atomic E-state index is 13.5. The number of nitrogens with zero attached hydrogens (tertiary/aromatic N) is 2. The van der Waals surface area contributed by atoms with Gasteiger partial charge in [-0.3, -0.25) is 19.8 Å². The number of hydrogen-bond donors (Lipinski definition) is 1. The molecule has 0 spiro atoms. The second-order valence-corrected chi connectivity index (χ2v) is 10.5. The Hall–Kier alpha value is -2.98. The van der Waals surface area contributed by atoms with Gasteiger partial charge in [-0.1, -0.05) is 29.3 Å². The summed E-state index contributed by atoms with van der Waals surface area (Å²) in [6.45, 7) is 7.56. The number of aryl methyl sites for hydroxylation is 2. The third-order valence-corrected chi connectivity index (χ3v) is 8.29. The van der Waals surface area contributed by atoms with Gasteiger partial charge in [-0.05, 0) is 75.3 Å². The number of esters is 1. The molecule has 0 radical (unpaired) electrons. The van der Waals surface area contributed by atoms with E-state index >= 15 is 0 Å². The molecule has 0 bridgehead atoms. The number of nitrogens with one attached hydrogen (secondary N) is 1. The molecule has 1 aliphatic rings. The van der Waals surface area contributed by atoms with Gasteiger partial charge in [0, 0.05) is 16.3 Å². The van der Waals surface area contributed by atoms with Crippen LogP contribution in [-0.4, -0.2) is 34.6 Å². The Balaban J connectivity index is 1.83. The van der Waals surface area contributed by atoms with E-state index in [0.717, 1.165) is 26.7 Å². The molecule has 36 heavy (non-hydrogen) atoms. The molecule has 1 saturated heterocycles. The monoisotopic (exact) mass is 561 g/mol. The summed E-state index contributed by atoms with van der Waals surface area (Å²) in [7, 11) is 1.35. The van der Waals surface area contributed by atoms with Gasteiger partial charge in [0.15, 0.2) is 5.11 Å². The highest BCUT2D eigenvalue weighted by Gasteiger charge is 2.36. The van der Waals surface area contributed by atoms with Crippen LogP contribution in [0, 0.1) is 27.7 Å². The SMILES string of the molecule is COC(=O)c1c(-n2c(C)cc(/C=C3\C(=O)NC(=S)N(c4cccc(Cl)c4Cl)C3=O)c2C)sc(C)c1C. The maximum Gasteiger partial charge on any atom is 0.341 e. The number of carbonyl (C=O) groups excluding carboxylic acids is 3. The lowest BCUT2D eigenvalue weighted by Gasteiger charge is -2.29. The molecule has 186 valence electrons. The predicted octanol–water partition coefficient (Wildman–Crippen LogP) is 5.70. The number of aromatic nitrogens is 1. The van der Waals surface area contributed by atoms with Crippen LogP contribution < -0.4 is 10.2 Å². The van der Waals surface area contributed by atoms with Crippen molar-refractivity contribution in [1.82, 2.24) is 9.88 Å². The molecule has 3 aromatic rings. The summed E-state index contributed by atoms with van der Waals surface area (Å²) in [6, 6.07) is 6.66. The Morgan fingerprint density at radius 2 is 1.86 bits per heavy atom. The van der Waals surface area contributed by atoms with Crippen molar-refractivity contribution < 1.29 is 19.1 Å². The van der Waals surface area contributed by atoms with Gasteiger partial charge in [0.05, 0.1) is 28.4 Å². The minimum atomic E-state index is -0.629. The van der Waals surface area contributed by atoms with Crippen molar-refractivity contribution in [1.29, 1.82) is 0 Å². The number of carbonyl (C=O) groups is 3. The van der Waals surface area contributed by atoms with E-state index in [-0.39, 0.29) is 26.4 Å². The van der Waals surface area contributed by atoms with E-state index in [9.17, 15) is 14.4 Å². The third-order valence-electron chi connectivity index (χ3n) is 6.00. The van der Waals surface area contributed by atoms with Crippen LogP contribution in [-0.2, 0) is 14.3 Å². The highest BCUT2D eigenvalue weighted by Crippen LogP contribution is 2.36. The van der Waals surface area contributed by atoms with E-state index < -0.39 is 17.8 Å². The fourth-order valence-corrected chi connectivity index (χ4v) is 5.96. The number of benzene rings is 1. The molecule has 2 aromatic heterocycles. The minimum absolute atomic E-state index is 0.0935. The number of thiocarbonyl (C=S) groups is 1. The largest absolute Gasteiger partial charge is 0.465 e. The number of hydrogen-bond acceptors (Lipinski definition) is 6. The zero-order chi connectivity index (χ0) is 26.5. The highest BCUT2D eigenvalue weighted by atomic mass is 35.5. The van der Waals surface area contributed by atoms with Gasteiger partial charge >= 0.3 is 5.97 Å². The Morgan fingerprint density at radius 1 is 1.17 bits per heavy atom. The van der Waals surface area contributed by atoms with E-state index in [2.05, 4.69) is 5.32 Å². The van der Waals surface area contributed by atoms with Crippen LogP contribution >= 0.6 is 46.8 Å². The van der Waals surface area contributed by atoms with Crippen LogP contribution in [0.15, 0.2) is 29.8 Å². The summed E-state index contributed by atoms with van der Waals surface area (Å²) in [5, 5.41) is 3.56. The summed E-state index contributed by atoms with van der Waals surface area (Å²) < 4.78 is 6.94. The number of halogens is 2. The summed E-state index contributed by atoms with van der Waals surface area (Å²) in [6.07, 6.45) is 1.51. The summed E-state index contributed by atoms with van der Waals surface area (Å²) >= 11 is 19.2. The van der Waals surface area contributed by atoms with Crippen molar-refractivity contribution in [3.05, 3.63) is 72.8 Å². The number of rotatable bonds is 4. The number of thiophene rings is 1. The standard InChI is InChI=1S/C25H21Cl2N3O4S2/c1-11-9-15(13(3)29(11)23-19(24(33)34-5)12(2)14(4)36-23)10-16-21(31)28-25(35)30(22(16)32)18-8-6-7-17(26)20(18)27/h6-10H,1-5H3,(H,28,31,35)/b16-10+.